The molecule has 0 bridgehead atoms. The van der Waals surface area contributed by atoms with Crippen LogP contribution < -0.4 is 19.9 Å². The summed E-state index contributed by atoms with van der Waals surface area (Å²) in [6.07, 6.45) is 6.99. The van der Waals surface area contributed by atoms with Crippen molar-refractivity contribution in [3.05, 3.63) is 30.0 Å². The van der Waals surface area contributed by atoms with Crippen LogP contribution in [0.2, 0.25) is 0 Å². The number of aromatic carboxylic acids is 1. The number of nitrogens with one attached hydrogen (secondary N) is 1. The molecule has 1 aromatic carbocycles. The SMILES string of the molecule is CCC1CN(C2CCCC2)c2nc(Nc3ccc(C(=O)O)cc3OC)ncc2N(C)C1=O. The molecule has 1 amide bonds. The van der Waals surface area contributed by atoms with Crippen LogP contribution in [0.1, 0.15) is 49.4 Å². The van der Waals surface area contributed by atoms with Gasteiger partial charge in [-0.1, -0.05) is 19.8 Å². The van der Waals surface area contributed by atoms with Crippen LogP contribution in [0.3, 0.4) is 0 Å². The van der Waals surface area contributed by atoms with Crippen LogP contribution >= 0.6 is 0 Å². The molecule has 1 unspecified atom stereocenters. The third-order valence-electron chi connectivity index (χ3n) is 6.43. The summed E-state index contributed by atoms with van der Waals surface area (Å²) in [6.45, 7) is 2.69. The highest BCUT2D eigenvalue weighted by atomic mass is 16.5. The van der Waals surface area contributed by atoms with Crippen molar-refractivity contribution < 1.29 is 19.4 Å². The number of rotatable bonds is 6. The predicted molar refractivity (Wildman–Crippen MR) is 122 cm³/mol. The first-order valence-corrected chi connectivity index (χ1v) is 11.0. The van der Waals surface area contributed by atoms with E-state index in [1.165, 1.54) is 32.1 Å². The largest absolute Gasteiger partial charge is 0.495 e. The average molecular weight is 440 g/mol. The normalized spacial score (nSPS) is 19.0. The second kappa shape index (κ2) is 9.02. The first kappa shape index (κ1) is 21.9. The summed E-state index contributed by atoms with van der Waals surface area (Å²) in [5.41, 5.74) is 1.40. The van der Waals surface area contributed by atoms with E-state index in [1.807, 2.05) is 6.92 Å². The molecule has 0 saturated heterocycles. The van der Waals surface area contributed by atoms with Crippen molar-refractivity contribution in [2.24, 2.45) is 5.92 Å². The monoisotopic (exact) mass is 439 g/mol. The van der Waals surface area contributed by atoms with Crippen LogP contribution in [0, 0.1) is 5.92 Å². The van der Waals surface area contributed by atoms with E-state index in [4.69, 9.17) is 9.72 Å². The summed E-state index contributed by atoms with van der Waals surface area (Å²) in [7, 11) is 3.27. The fraction of sp³-hybridized carbons (Fsp3) is 0.478. The number of hydrogen-bond acceptors (Lipinski definition) is 7. The van der Waals surface area contributed by atoms with Gasteiger partial charge in [0.05, 0.1) is 30.5 Å². The molecular weight excluding hydrogens is 410 g/mol. The lowest BCUT2D eigenvalue weighted by Crippen LogP contribution is -2.39. The Morgan fingerprint density at radius 2 is 2.06 bits per heavy atom. The zero-order valence-electron chi connectivity index (χ0n) is 18.7. The highest BCUT2D eigenvalue weighted by Crippen LogP contribution is 2.38. The molecule has 2 heterocycles. The maximum atomic E-state index is 13.0. The standard InChI is InChI=1S/C23H29N5O4/c1-4-14-13-28(16-7-5-6-8-16)20-18(27(2)21(14)29)12-24-23(26-20)25-17-10-9-15(22(30)31)11-19(17)32-3/h9-12,14,16H,4-8,13H2,1-3H3,(H,30,31)(H,24,25,26). The minimum absolute atomic E-state index is 0.0875. The summed E-state index contributed by atoms with van der Waals surface area (Å²) in [6, 6.07) is 4.94. The van der Waals surface area contributed by atoms with Gasteiger partial charge in [-0.2, -0.15) is 4.98 Å². The molecule has 2 aliphatic rings. The summed E-state index contributed by atoms with van der Waals surface area (Å²) < 4.78 is 5.36. The molecule has 1 aliphatic carbocycles. The molecule has 1 aliphatic heterocycles. The van der Waals surface area contributed by atoms with Gasteiger partial charge in [0.1, 0.15) is 11.4 Å². The number of aromatic nitrogens is 2. The number of carboxylic acid groups (broad SMARTS) is 1. The first-order valence-electron chi connectivity index (χ1n) is 11.0. The van der Waals surface area contributed by atoms with Gasteiger partial charge in [0.25, 0.3) is 0 Å². The van der Waals surface area contributed by atoms with Gasteiger partial charge in [0.15, 0.2) is 5.82 Å². The quantitative estimate of drug-likeness (QED) is 0.702. The molecule has 9 nitrogen and oxygen atoms in total. The number of amides is 1. The van der Waals surface area contributed by atoms with Crippen LogP contribution in [0.5, 0.6) is 5.75 Å². The number of ether oxygens (including phenoxy) is 1. The Bertz CT molecular complexity index is 1020. The molecule has 4 rings (SSSR count). The zero-order chi connectivity index (χ0) is 22.8. The number of methoxy groups -OCH3 is 1. The first-order chi connectivity index (χ1) is 15.4. The third kappa shape index (κ3) is 4.06. The average Bonchev–Trinajstić information content (AvgIpc) is 3.30. The van der Waals surface area contributed by atoms with Crippen LogP contribution in [0.4, 0.5) is 23.1 Å². The van der Waals surface area contributed by atoms with Crippen molar-refractivity contribution in [1.29, 1.82) is 0 Å². The van der Waals surface area contributed by atoms with Gasteiger partial charge in [-0.3, -0.25) is 4.79 Å². The molecule has 170 valence electrons. The molecular formula is C23H29N5O4. The summed E-state index contributed by atoms with van der Waals surface area (Å²) in [5.74, 6) is 0.474. The van der Waals surface area contributed by atoms with Crippen molar-refractivity contribution >= 4 is 35.0 Å². The molecule has 0 radical (unpaired) electrons. The van der Waals surface area contributed by atoms with Gasteiger partial charge < -0.3 is 25.0 Å². The fourth-order valence-electron chi connectivity index (χ4n) is 4.56. The van der Waals surface area contributed by atoms with Crippen LogP contribution in [0.15, 0.2) is 24.4 Å². The van der Waals surface area contributed by atoms with Crippen LogP contribution in [-0.2, 0) is 4.79 Å². The molecule has 1 atom stereocenters. The van der Waals surface area contributed by atoms with E-state index >= 15 is 0 Å². The lowest BCUT2D eigenvalue weighted by molar-refractivity contribution is -0.121. The smallest absolute Gasteiger partial charge is 0.335 e. The van der Waals surface area contributed by atoms with Gasteiger partial charge in [-0.15, -0.1) is 0 Å². The molecule has 1 saturated carbocycles. The number of carbonyl (C=O) groups excluding carboxylic acids is 1. The molecule has 32 heavy (non-hydrogen) atoms. The number of carbonyl (C=O) groups is 2. The van der Waals surface area contributed by atoms with Gasteiger partial charge >= 0.3 is 5.97 Å². The van der Waals surface area contributed by atoms with Gasteiger partial charge in [0, 0.05) is 19.6 Å². The third-order valence-corrected chi connectivity index (χ3v) is 6.43. The Labute approximate surface area is 187 Å². The summed E-state index contributed by atoms with van der Waals surface area (Å²) in [4.78, 5) is 37.5. The number of anilines is 4. The molecule has 9 heteroatoms. The summed E-state index contributed by atoms with van der Waals surface area (Å²) >= 11 is 0. The Kier molecular flexibility index (Phi) is 6.16. The van der Waals surface area contributed by atoms with Gasteiger partial charge in [-0.25, -0.2) is 9.78 Å². The molecule has 2 N–H and O–H groups in total. The highest BCUT2D eigenvalue weighted by molar-refractivity contribution is 5.99. The second-order valence-electron chi connectivity index (χ2n) is 8.34. The van der Waals surface area contributed by atoms with Gasteiger partial charge in [0.2, 0.25) is 11.9 Å². The van der Waals surface area contributed by atoms with Crippen molar-refractivity contribution in [3.63, 3.8) is 0 Å². The lowest BCUT2D eigenvalue weighted by atomic mass is 10.0. The van der Waals surface area contributed by atoms with E-state index in [0.29, 0.717) is 35.7 Å². The second-order valence-corrected chi connectivity index (χ2v) is 8.34. The number of hydrogen-bond donors (Lipinski definition) is 2. The topological polar surface area (TPSA) is 108 Å². The molecule has 1 aromatic heterocycles. The van der Waals surface area contributed by atoms with E-state index in [0.717, 1.165) is 25.1 Å². The minimum Gasteiger partial charge on any atom is -0.495 e. The van der Waals surface area contributed by atoms with Crippen molar-refractivity contribution in [2.75, 3.05) is 35.8 Å². The van der Waals surface area contributed by atoms with E-state index in [1.54, 1.807) is 24.2 Å². The van der Waals surface area contributed by atoms with Crippen molar-refractivity contribution in [3.8, 4) is 5.75 Å². The molecule has 2 aromatic rings. The van der Waals surface area contributed by atoms with Crippen LogP contribution in [-0.4, -0.2) is 53.7 Å². The molecule has 1 fully saturated rings. The van der Waals surface area contributed by atoms with Crippen molar-refractivity contribution in [2.45, 2.75) is 45.1 Å². The van der Waals surface area contributed by atoms with E-state index in [2.05, 4.69) is 15.2 Å². The van der Waals surface area contributed by atoms with Crippen molar-refractivity contribution in [1.82, 2.24) is 9.97 Å². The van der Waals surface area contributed by atoms with E-state index in [9.17, 15) is 14.7 Å². The Morgan fingerprint density at radius 3 is 2.72 bits per heavy atom. The number of benzene rings is 1. The van der Waals surface area contributed by atoms with E-state index < -0.39 is 5.97 Å². The zero-order valence-corrected chi connectivity index (χ0v) is 18.7. The summed E-state index contributed by atoms with van der Waals surface area (Å²) in [5, 5.41) is 12.4. The Hall–Kier alpha value is -3.36. The number of nitrogens with zero attached hydrogens (tertiary/aromatic N) is 4. The maximum Gasteiger partial charge on any atom is 0.335 e. The number of carboxylic acids is 1. The fourth-order valence-corrected chi connectivity index (χ4v) is 4.56. The van der Waals surface area contributed by atoms with Crippen LogP contribution in [0.25, 0.3) is 0 Å². The highest BCUT2D eigenvalue weighted by Gasteiger charge is 2.36. The predicted octanol–water partition coefficient (Wildman–Crippen LogP) is 3.68. The Morgan fingerprint density at radius 1 is 1.31 bits per heavy atom. The molecule has 0 spiro atoms. The van der Waals surface area contributed by atoms with E-state index in [-0.39, 0.29) is 17.4 Å². The minimum atomic E-state index is -1.03. The lowest BCUT2D eigenvalue weighted by Gasteiger charge is -2.31. The number of fused-ring (bicyclic) bond motifs is 1. The Balaban J connectivity index is 1.72. The maximum absolute atomic E-state index is 13.0. The van der Waals surface area contributed by atoms with Gasteiger partial charge in [-0.05, 0) is 37.5 Å².